The van der Waals surface area contributed by atoms with Gasteiger partial charge in [-0.1, -0.05) is 34.5 Å². The molecule has 5 heteroatoms. The average molecular weight is 335 g/mol. The van der Waals surface area contributed by atoms with Gasteiger partial charge in [-0.2, -0.15) is 0 Å². The van der Waals surface area contributed by atoms with Gasteiger partial charge in [-0.25, -0.2) is 4.39 Å². The number of halogens is 3. The largest absolute Gasteiger partial charge is 0.334 e. The second-order valence-corrected chi connectivity index (χ2v) is 5.69. The Labute approximate surface area is 119 Å². The van der Waals surface area contributed by atoms with E-state index >= 15 is 0 Å². The van der Waals surface area contributed by atoms with Gasteiger partial charge in [0.1, 0.15) is 5.82 Å². The van der Waals surface area contributed by atoms with Crippen molar-refractivity contribution in [2.45, 2.75) is 19.4 Å². The third kappa shape index (κ3) is 2.54. The summed E-state index contributed by atoms with van der Waals surface area (Å²) in [7, 11) is 0. The molecule has 1 aliphatic heterocycles. The van der Waals surface area contributed by atoms with Gasteiger partial charge >= 0.3 is 0 Å². The lowest BCUT2D eigenvalue weighted by Gasteiger charge is -2.25. The molecule has 2 rings (SSSR count). The van der Waals surface area contributed by atoms with Crippen molar-refractivity contribution in [3.63, 3.8) is 0 Å². The minimum Gasteiger partial charge on any atom is -0.334 e. The molecule has 98 valence electrons. The number of nitrogens with zero attached hydrogens (tertiary/aromatic N) is 1. The zero-order valence-corrected chi connectivity index (χ0v) is 12.3. The Bertz CT molecular complexity index is 468. The number of rotatable bonds is 2. The van der Waals surface area contributed by atoms with E-state index in [2.05, 4.69) is 22.9 Å². The number of hydrogen-bond acceptors (Lipinski definition) is 1. The van der Waals surface area contributed by atoms with Crippen LogP contribution in [0.4, 0.5) is 4.39 Å². The second kappa shape index (κ2) is 5.57. The molecule has 0 aliphatic carbocycles. The summed E-state index contributed by atoms with van der Waals surface area (Å²) in [6, 6.07) is 4.30. The lowest BCUT2D eigenvalue weighted by molar-refractivity contribution is 0.0734. The molecule has 0 N–H and O–H groups in total. The van der Waals surface area contributed by atoms with Crippen molar-refractivity contribution >= 4 is 33.4 Å². The minimum atomic E-state index is -0.555. The Morgan fingerprint density at radius 3 is 2.94 bits per heavy atom. The summed E-state index contributed by atoms with van der Waals surface area (Å²) in [5.41, 5.74) is 0.0967. The summed E-state index contributed by atoms with van der Waals surface area (Å²) < 4.78 is 13.7. The molecule has 1 aliphatic rings. The molecule has 2 atom stereocenters. The molecule has 1 heterocycles. The fourth-order valence-electron chi connectivity index (χ4n) is 2.31. The molecular weight excluding hydrogens is 321 g/mol. The molecule has 2 unspecified atom stereocenters. The van der Waals surface area contributed by atoms with E-state index in [0.717, 1.165) is 11.8 Å². The summed E-state index contributed by atoms with van der Waals surface area (Å²) in [6.45, 7) is 2.79. The Morgan fingerprint density at radius 2 is 2.33 bits per heavy atom. The lowest BCUT2D eigenvalue weighted by Crippen LogP contribution is -2.38. The van der Waals surface area contributed by atoms with E-state index in [1.54, 1.807) is 11.0 Å². The lowest BCUT2D eigenvalue weighted by atomic mass is 10.0. The highest BCUT2D eigenvalue weighted by Crippen LogP contribution is 2.28. The van der Waals surface area contributed by atoms with Crippen molar-refractivity contribution in [2.75, 3.05) is 11.9 Å². The average Bonchev–Trinajstić information content (AvgIpc) is 2.69. The quantitative estimate of drug-likeness (QED) is 0.755. The maximum absolute atomic E-state index is 13.7. The molecule has 1 amide bonds. The number of benzene rings is 1. The van der Waals surface area contributed by atoms with Crippen LogP contribution in [0, 0.1) is 11.7 Å². The first-order valence-electron chi connectivity index (χ1n) is 5.86. The van der Waals surface area contributed by atoms with Crippen molar-refractivity contribution in [3.05, 3.63) is 34.6 Å². The summed E-state index contributed by atoms with van der Waals surface area (Å²) in [4.78, 5) is 14.1. The molecule has 1 fully saturated rings. The van der Waals surface area contributed by atoms with Gasteiger partial charge in [-0.15, -0.1) is 0 Å². The van der Waals surface area contributed by atoms with E-state index in [9.17, 15) is 9.18 Å². The Balaban J connectivity index is 2.26. The van der Waals surface area contributed by atoms with Crippen LogP contribution in [-0.4, -0.2) is 28.7 Å². The van der Waals surface area contributed by atoms with E-state index in [4.69, 9.17) is 11.6 Å². The van der Waals surface area contributed by atoms with E-state index < -0.39 is 5.82 Å². The first-order valence-corrected chi connectivity index (χ1v) is 7.36. The summed E-state index contributed by atoms with van der Waals surface area (Å²) >= 11 is 9.11. The maximum atomic E-state index is 13.7. The summed E-state index contributed by atoms with van der Waals surface area (Å²) in [5.74, 6) is -0.373. The van der Waals surface area contributed by atoms with Crippen molar-refractivity contribution in [3.8, 4) is 0 Å². The van der Waals surface area contributed by atoms with E-state index in [1.165, 1.54) is 12.1 Å². The molecule has 0 saturated carbocycles. The third-order valence-corrected chi connectivity index (χ3v) is 4.36. The van der Waals surface area contributed by atoms with E-state index in [-0.39, 0.29) is 17.5 Å². The minimum absolute atomic E-state index is 0.0967. The number of alkyl halides is 1. The molecule has 0 spiro atoms. The SMILES string of the molecule is CC1CCN(C(=O)c2ccc(Cl)cc2F)C1CBr. The molecule has 0 aromatic heterocycles. The predicted molar refractivity (Wildman–Crippen MR) is 73.8 cm³/mol. The number of hydrogen-bond donors (Lipinski definition) is 0. The van der Waals surface area contributed by atoms with Crippen LogP contribution < -0.4 is 0 Å². The predicted octanol–water partition coefficient (Wildman–Crippen LogP) is 3.72. The van der Waals surface area contributed by atoms with Gasteiger partial charge in [-0.3, -0.25) is 4.79 Å². The number of likely N-dealkylation sites (tertiary alicyclic amines) is 1. The van der Waals surface area contributed by atoms with Crippen LogP contribution in [-0.2, 0) is 0 Å². The standard InChI is InChI=1S/C13H14BrClFNO/c1-8-4-5-17(12(8)7-14)13(18)10-3-2-9(15)6-11(10)16/h2-3,6,8,12H,4-5,7H2,1H3. The zero-order valence-electron chi connectivity index (χ0n) is 10.00. The van der Waals surface area contributed by atoms with Crippen LogP contribution in [0.2, 0.25) is 5.02 Å². The normalized spacial score (nSPS) is 23.4. The van der Waals surface area contributed by atoms with Crippen molar-refractivity contribution < 1.29 is 9.18 Å². The number of carbonyl (C=O) groups is 1. The monoisotopic (exact) mass is 333 g/mol. The number of amides is 1. The highest BCUT2D eigenvalue weighted by atomic mass is 79.9. The maximum Gasteiger partial charge on any atom is 0.257 e. The molecular formula is C13H14BrClFNO. The highest BCUT2D eigenvalue weighted by molar-refractivity contribution is 9.09. The third-order valence-electron chi connectivity index (χ3n) is 3.46. The van der Waals surface area contributed by atoms with Gasteiger partial charge in [0.25, 0.3) is 5.91 Å². The van der Waals surface area contributed by atoms with Crippen LogP contribution in [0.3, 0.4) is 0 Å². The van der Waals surface area contributed by atoms with Gasteiger partial charge in [0.2, 0.25) is 0 Å². The van der Waals surface area contributed by atoms with Gasteiger partial charge in [0.05, 0.1) is 5.56 Å². The number of carbonyl (C=O) groups excluding carboxylic acids is 1. The Kier molecular flexibility index (Phi) is 4.28. The van der Waals surface area contributed by atoms with Gasteiger partial charge < -0.3 is 4.90 Å². The fraction of sp³-hybridized carbons (Fsp3) is 0.462. The van der Waals surface area contributed by atoms with Crippen LogP contribution in [0.15, 0.2) is 18.2 Å². The second-order valence-electron chi connectivity index (χ2n) is 4.61. The molecule has 18 heavy (non-hydrogen) atoms. The smallest absolute Gasteiger partial charge is 0.257 e. The van der Waals surface area contributed by atoms with Crippen LogP contribution >= 0.6 is 27.5 Å². The molecule has 0 radical (unpaired) electrons. The van der Waals surface area contributed by atoms with E-state index in [1.807, 2.05) is 0 Å². The molecule has 0 bridgehead atoms. The molecule has 1 aromatic rings. The molecule has 1 aromatic carbocycles. The summed E-state index contributed by atoms with van der Waals surface area (Å²) in [5, 5.41) is 1.02. The van der Waals surface area contributed by atoms with Crippen LogP contribution in [0.25, 0.3) is 0 Å². The summed E-state index contributed by atoms with van der Waals surface area (Å²) in [6.07, 6.45) is 0.956. The topological polar surface area (TPSA) is 20.3 Å². The van der Waals surface area contributed by atoms with Crippen LogP contribution in [0.1, 0.15) is 23.7 Å². The van der Waals surface area contributed by atoms with Gasteiger partial charge in [-0.05, 0) is 30.5 Å². The van der Waals surface area contributed by atoms with E-state index in [0.29, 0.717) is 17.5 Å². The van der Waals surface area contributed by atoms with Crippen molar-refractivity contribution in [2.24, 2.45) is 5.92 Å². The van der Waals surface area contributed by atoms with Gasteiger partial charge in [0, 0.05) is 22.9 Å². The molecule has 1 saturated heterocycles. The Hall–Kier alpha value is -0.610. The highest BCUT2D eigenvalue weighted by Gasteiger charge is 2.34. The van der Waals surface area contributed by atoms with Crippen molar-refractivity contribution in [1.82, 2.24) is 4.90 Å². The first-order chi connectivity index (χ1) is 8.54. The van der Waals surface area contributed by atoms with Gasteiger partial charge in [0.15, 0.2) is 0 Å². The fourth-order valence-corrected chi connectivity index (χ4v) is 3.46. The first kappa shape index (κ1) is 13.8. The van der Waals surface area contributed by atoms with Crippen molar-refractivity contribution in [1.29, 1.82) is 0 Å². The molecule has 2 nitrogen and oxygen atoms in total. The van der Waals surface area contributed by atoms with Crippen LogP contribution in [0.5, 0.6) is 0 Å². The zero-order chi connectivity index (χ0) is 13.3. The Morgan fingerprint density at radius 1 is 1.61 bits per heavy atom.